The van der Waals surface area contributed by atoms with Gasteiger partial charge >= 0.3 is 0 Å². The maximum atomic E-state index is 11.0. The first-order chi connectivity index (χ1) is 6.85. The fraction of sp³-hybridized carbons (Fsp3) is 0.417. The van der Waals surface area contributed by atoms with Crippen LogP contribution in [0.25, 0.3) is 0 Å². The highest BCUT2D eigenvalue weighted by atomic mass is 16.3. The van der Waals surface area contributed by atoms with E-state index in [1.807, 2.05) is 0 Å². The SMILES string of the molecule is CC(=O)c1ccc(C(C)(O)C(C)O)cc1. The van der Waals surface area contributed by atoms with E-state index in [0.29, 0.717) is 11.1 Å². The van der Waals surface area contributed by atoms with E-state index in [9.17, 15) is 15.0 Å². The van der Waals surface area contributed by atoms with Crippen LogP contribution in [0.5, 0.6) is 0 Å². The predicted octanol–water partition coefficient (Wildman–Crippen LogP) is 1.48. The van der Waals surface area contributed by atoms with Gasteiger partial charge in [-0.25, -0.2) is 0 Å². The zero-order chi connectivity index (χ0) is 11.6. The van der Waals surface area contributed by atoms with Crippen LogP contribution in [0.3, 0.4) is 0 Å². The molecule has 0 bridgehead atoms. The molecule has 0 amide bonds. The third kappa shape index (κ3) is 2.43. The second-order valence-corrected chi connectivity index (χ2v) is 3.96. The molecule has 1 aromatic rings. The number of ketones is 1. The molecule has 0 spiro atoms. The molecule has 0 aliphatic rings. The van der Waals surface area contributed by atoms with Gasteiger partial charge in [-0.05, 0) is 26.3 Å². The molecule has 15 heavy (non-hydrogen) atoms. The molecule has 0 fully saturated rings. The van der Waals surface area contributed by atoms with Crippen LogP contribution >= 0.6 is 0 Å². The first kappa shape index (κ1) is 11.9. The van der Waals surface area contributed by atoms with Crippen molar-refractivity contribution in [2.45, 2.75) is 32.5 Å². The summed E-state index contributed by atoms with van der Waals surface area (Å²) in [7, 11) is 0. The number of carbonyl (C=O) groups is 1. The van der Waals surface area contributed by atoms with Gasteiger partial charge in [0.1, 0.15) is 5.60 Å². The molecular weight excluding hydrogens is 192 g/mol. The van der Waals surface area contributed by atoms with Crippen LogP contribution < -0.4 is 0 Å². The van der Waals surface area contributed by atoms with Gasteiger partial charge in [0, 0.05) is 5.56 Å². The lowest BCUT2D eigenvalue weighted by atomic mass is 9.90. The molecule has 0 heterocycles. The maximum Gasteiger partial charge on any atom is 0.159 e. The Labute approximate surface area is 89.4 Å². The fourth-order valence-corrected chi connectivity index (χ4v) is 1.28. The van der Waals surface area contributed by atoms with Crippen molar-refractivity contribution in [2.75, 3.05) is 0 Å². The summed E-state index contributed by atoms with van der Waals surface area (Å²) in [6, 6.07) is 6.61. The summed E-state index contributed by atoms with van der Waals surface area (Å²) in [6.45, 7) is 4.56. The van der Waals surface area contributed by atoms with Crippen LogP contribution in [0.15, 0.2) is 24.3 Å². The second kappa shape index (κ2) is 4.13. The molecule has 0 saturated heterocycles. The van der Waals surface area contributed by atoms with Crippen molar-refractivity contribution >= 4 is 5.78 Å². The minimum atomic E-state index is -1.28. The van der Waals surface area contributed by atoms with Gasteiger partial charge < -0.3 is 10.2 Å². The van der Waals surface area contributed by atoms with Gasteiger partial charge in [-0.2, -0.15) is 0 Å². The Balaban J connectivity index is 3.04. The van der Waals surface area contributed by atoms with E-state index in [-0.39, 0.29) is 5.78 Å². The van der Waals surface area contributed by atoms with E-state index in [4.69, 9.17) is 0 Å². The molecule has 0 saturated carbocycles. The Bertz CT molecular complexity index is 350. The van der Waals surface area contributed by atoms with Gasteiger partial charge in [-0.3, -0.25) is 4.79 Å². The average Bonchev–Trinajstić information content (AvgIpc) is 2.17. The number of aliphatic hydroxyl groups is 2. The van der Waals surface area contributed by atoms with Crippen molar-refractivity contribution in [1.82, 2.24) is 0 Å². The van der Waals surface area contributed by atoms with Crippen molar-refractivity contribution in [3.05, 3.63) is 35.4 Å². The first-order valence-corrected chi connectivity index (χ1v) is 4.87. The summed E-state index contributed by atoms with van der Waals surface area (Å²) in [5, 5.41) is 19.4. The lowest BCUT2D eigenvalue weighted by Gasteiger charge is -2.27. The summed E-state index contributed by atoms with van der Waals surface area (Å²) in [5.41, 5.74) is -0.0855. The number of hydrogen-bond donors (Lipinski definition) is 2. The summed E-state index contributed by atoms with van der Waals surface area (Å²) in [4.78, 5) is 11.0. The molecular formula is C12H16O3. The highest BCUT2D eigenvalue weighted by molar-refractivity contribution is 5.94. The molecule has 82 valence electrons. The number of hydrogen-bond acceptors (Lipinski definition) is 3. The number of carbonyl (C=O) groups excluding carboxylic acids is 1. The molecule has 1 aromatic carbocycles. The van der Waals surface area contributed by atoms with Crippen LogP contribution in [-0.2, 0) is 5.60 Å². The van der Waals surface area contributed by atoms with Crippen molar-refractivity contribution in [1.29, 1.82) is 0 Å². The van der Waals surface area contributed by atoms with Gasteiger partial charge in [-0.15, -0.1) is 0 Å². The number of aliphatic hydroxyl groups excluding tert-OH is 1. The highest BCUT2D eigenvalue weighted by Crippen LogP contribution is 2.24. The van der Waals surface area contributed by atoms with Crippen molar-refractivity contribution in [3.8, 4) is 0 Å². The van der Waals surface area contributed by atoms with Gasteiger partial charge in [0.05, 0.1) is 6.10 Å². The van der Waals surface area contributed by atoms with Gasteiger partial charge in [-0.1, -0.05) is 24.3 Å². The summed E-state index contributed by atoms with van der Waals surface area (Å²) in [6.07, 6.45) is -0.860. The molecule has 2 unspecified atom stereocenters. The second-order valence-electron chi connectivity index (χ2n) is 3.96. The van der Waals surface area contributed by atoms with Gasteiger partial charge in [0.15, 0.2) is 5.78 Å². The van der Waals surface area contributed by atoms with Crippen LogP contribution in [0.2, 0.25) is 0 Å². The molecule has 3 nitrogen and oxygen atoms in total. The van der Waals surface area contributed by atoms with Crippen LogP contribution in [0.4, 0.5) is 0 Å². The molecule has 1 rings (SSSR count). The van der Waals surface area contributed by atoms with Crippen molar-refractivity contribution in [2.24, 2.45) is 0 Å². The predicted molar refractivity (Wildman–Crippen MR) is 57.7 cm³/mol. The van der Waals surface area contributed by atoms with Crippen molar-refractivity contribution in [3.63, 3.8) is 0 Å². The zero-order valence-electron chi connectivity index (χ0n) is 9.19. The monoisotopic (exact) mass is 208 g/mol. The largest absolute Gasteiger partial charge is 0.390 e. The standard InChI is InChI=1S/C12H16O3/c1-8(13)10-4-6-11(7-5-10)12(3,15)9(2)14/h4-7,9,14-15H,1-3H3. The fourth-order valence-electron chi connectivity index (χ4n) is 1.28. The van der Waals surface area contributed by atoms with Crippen LogP contribution in [0.1, 0.15) is 36.7 Å². The average molecular weight is 208 g/mol. The van der Waals surface area contributed by atoms with E-state index >= 15 is 0 Å². The Hall–Kier alpha value is -1.19. The van der Waals surface area contributed by atoms with Crippen LogP contribution in [-0.4, -0.2) is 22.1 Å². The zero-order valence-corrected chi connectivity index (χ0v) is 9.19. The molecule has 0 radical (unpaired) electrons. The Morgan fingerprint density at radius 1 is 1.33 bits per heavy atom. The summed E-state index contributed by atoms with van der Waals surface area (Å²) < 4.78 is 0. The smallest absolute Gasteiger partial charge is 0.159 e. The highest BCUT2D eigenvalue weighted by Gasteiger charge is 2.28. The lowest BCUT2D eigenvalue weighted by Crippen LogP contribution is -2.34. The normalized spacial score (nSPS) is 16.9. The third-order valence-electron chi connectivity index (χ3n) is 2.69. The number of Topliss-reactive ketones (excluding diaryl/α,β-unsaturated/α-hetero) is 1. The van der Waals surface area contributed by atoms with Gasteiger partial charge in [0.2, 0.25) is 0 Å². The van der Waals surface area contributed by atoms with Crippen LogP contribution in [0, 0.1) is 0 Å². The number of rotatable bonds is 3. The maximum absolute atomic E-state index is 11.0. The first-order valence-electron chi connectivity index (χ1n) is 4.87. The van der Waals surface area contributed by atoms with Crippen molar-refractivity contribution < 1.29 is 15.0 Å². The van der Waals surface area contributed by atoms with E-state index in [1.54, 1.807) is 31.2 Å². The van der Waals surface area contributed by atoms with E-state index in [2.05, 4.69) is 0 Å². The molecule has 2 N–H and O–H groups in total. The molecule has 0 aliphatic heterocycles. The minimum absolute atomic E-state index is 0.0155. The molecule has 3 heteroatoms. The Morgan fingerprint density at radius 3 is 2.13 bits per heavy atom. The van der Waals surface area contributed by atoms with Gasteiger partial charge in [0.25, 0.3) is 0 Å². The summed E-state index contributed by atoms with van der Waals surface area (Å²) in [5.74, 6) is -0.0155. The molecule has 0 aromatic heterocycles. The quantitative estimate of drug-likeness (QED) is 0.740. The summed E-state index contributed by atoms with van der Waals surface area (Å²) >= 11 is 0. The lowest BCUT2D eigenvalue weighted by molar-refractivity contribution is -0.0569. The molecule has 0 aliphatic carbocycles. The van der Waals surface area contributed by atoms with E-state index in [0.717, 1.165) is 0 Å². The van der Waals surface area contributed by atoms with E-state index < -0.39 is 11.7 Å². The minimum Gasteiger partial charge on any atom is -0.390 e. The topological polar surface area (TPSA) is 57.5 Å². The molecule has 2 atom stereocenters. The Kier molecular flexibility index (Phi) is 3.27. The third-order valence-corrected chi connectivity index (χ3v) is 2.69. The number of benzene rings is 1. The Morgan fingerprint density at radius 2 is 1.80 bits per heavy atom. The van der Waals surface area contributed by atoms with E-state index in [1.165, 1.54) is 13.8 Å².